The van der Waals surface area contributed by atoms with Gasteiger partial charge < -0.3 is 5.32 Å². The third-order valence-electron chi connectivity index (χ3n) is 4.30. The molecule has 1 unspecified atom stereocenters. The molecule has 1 N–H and O–H groups in total. The van der Waals surface area contributed by atoms with Gasteiger partial charge in [0.2, 0.25) is 0 Å². The Morgan fingerprint density at radius 2 is 1.87 bits per heavy atom. The molecule has 0 radical (unpaired) electrons. The van der Waals surface area contributed by atoms with Crippen LogP contribution in [0.4, 0.5) is 13.2 Å². The second-order valence-electron chi connectivity index (χ2n) is 6.80. The van der Waals surface area contributed by atoms with Gasteiger partial charge in [0.05, 0.1) is 6.54 Å². The van der Waals surface area contributed by atoms with E-state index in [1.807, 2.05) is 31.2 Å². The molecule has 23 heavy (non-hydrogen) atoms. The molecule has 0 bridgehead atoms. The molecule has 6 heteroatoms. The maximum atomic E-state index is 12.8. The molecule has 2 nitrogen and oxygen atoms in total. The highest BCUT2D eigenvalue weighted by Crippen LogP contribution is 2.27. The number of nitrogens with zero attached hydrogens (tertiary/aromatic N) is 1. The van der Waals surface area contributed by atoms with Crippen molar-refractivity contribution < 1.29 is 13.2 Å². The molecule has 1 aliphatic rings. The van der Waals surface area contributed by atoms with Crippen molar-refractivity contribution in [3.63, 3.8) is 0 Å². The first-order chi connectivity index (χ1) is 10.3. The fraction of sp³-hybridized carbons (Fsp3) is 0.647. The van der Waals surface area contributed by atoms with E-state index in [-0.39, 0.29) is 17.8 Å². The SMILES string of the molecule is Cc1ccc(CCN(CC(F)(F)F)CC2(C)CCNC2)cc1.Cl. The smallest absolute Gasteiger partial charge is 0.316 e. The highest BCUT2D eigenvalue weighted by molar-refractivity contribution is 5.85. The van der Waals surface area contributed by atoms with Crippen LogP contribution < -0.4 is 5.32 Å². The molecule has 1 aliphatic heterocycles. The first-order valence-corrected chi connectivity index (χ1v) is 7.81. The van der Waals surface area contributed by atoms with Crippen LogP contribution in [0.15, 0.2) is 24.3 Å². The predicted molar refractivity (Wildman–Crippen MR) is 90.2 cm³/mol. The molecule has 1 aromatic rings. The summed E-state index contributed by atoms with van der Waals surface area (Å²) in [5, 5.41) is 3.25. The largest absolute Gasteiger partial charge is 0.401 e. The Morgan fingerprint density at radius 1 is 1.22 bits per heavy atom. The number of benzene rings is 1. The van der Waals surface area contributed by atoms with E-state index >= 15 is 0 Å². The number of nitrogens with one attached hydrogen (secondary N) is 1. The molecule has 1 aromatic carbocycles. The molecule has 2 rings (SSSR count). The van der Waals surface area contributed by atoms with Crippen LogP contribution in [0.25, 0.3) is 0 Å². The van der Waals surface area contributed by atoms with Gasteiger partial charge in [-0.05, 0) is 37.3 Å². The van der Waals surface area contributed by atoms with Crippen molar-refractivity contribution in [3.05, 3.63) is 35.4 Å². The molecule has 1 saturated heterocycles. The van der Waals surface area contributed by atoms with Gasteiger partial charge in [-0.1, -0.05) is 36.8 Å². The van der Waals surface area contributed by atoms with Crippen LogP contribution in [0.1, 0.15) is 24.5 Å². The third-order valence-corrected chi connectivity index (χ3v) is 4.30. The summed E-state index contributed by atoms with van der Waals surface area (Å²) in [6, 6.07) is 8.01. The number of alkyl halides is 3. The highest BCUT2D eigenvalue weighted by Gasteiger charge is 2.36. The van der Waals surface area contributed by atoms with E-state index in [2.05, 4.69) is 12.2 Å². The zero-order chi connectivity index (χ0) is 16.2. The Labute approximate surface area is 142 Å². The Bertz CT molecular complexity index is 468. The lowest BCUT2D eigenvalue weighted by Crippen LogP contribution is -2.43. The summed E-state index contributed by atoms with van der Waals surface area (Å²) >= 11 is 0. The van der Waals surface area contributed by atoms with Crippen molar-refractivity contribution in [3.8, 4) is 0 Å². The van der Waals surface area contributed by atoms with Gasteiger partial charge in [0.25, 0.3) is 0 Å². The van der Waals surface area contributed by atoms with Crippen molar-refractivity contribution in [2.45, 2.75) is 32.9 Å². The van der Waals surface area contributed by atoms with E-state index in [0.717, 1.165) is 25.1 Å². The zero-order valence-corrected chi connectivity index (χ0v) is 14.6. The first kappa shape index (κ1) is 20.3. The van der Waals surface area contributed by atoms with E-state index in [4.69, 9.17) is 0 Å². The molecule has 1 heterocycles. The summed E-state index contributed by atoms with van der Waals surface area (Å²) in [5.41, 5.74) is 2.20. The van der Waals surface area contributed by atoms with Gasteiger partial charge in [-0.25, -0.2) is 0 Å². The van der Waals surface area contributed by atoms with Gasteiger partial charge in [0, 0.05) is 19.6 Å². The summed E-state index contributed by atoms with van der Waals surface area (Å²) in [6.07, 6.45) is -2.55. The average molecular weight is 351 g/mol. The minimum atomic E-state index is -4.14. The number of rotatable bonds is 6. The van der Waals surface area contributed by atoms with Crippen molar-refractivity contribution in [2.24, 2.45) is 5.41 Å². The fourth-order valence-electron chi connectivity index (χ4n) is 3.05. The molecule has 1 atom stereocenters. The van der Waals surface area contributed by atoms with Crippen molar-refractivity contribution in [1.82, 2.24) is 10.2 Å². The summed E-state index contributed by atoms with van der Waals surface area (Å²) in [6.45, 7) is 5.88. The fourth-order valence-corrected chi connectivity index (χ4v) is 3.05. The Morgan fingerprint density at radius 3 is 2.39 bits per heavy atom. The van der Waals surface area contributed by atoms with E-state index in [1.165, 1.54) is 5.56 Å². The van der Waals surface area contributed by atoms with Crippen LogP contribution in [-0.2, 0) is 6.42 Å². The minimum absolute atomic E-state index is 0. The minimum Gasteiger partial charge on any atom is -0.316 e. The topological polar surface area (TPSA) is 15.3 Å². The maximum Gasteiger partial charge on any atom is 0.401 e. The van der Waals surface area contributed by atoms with E-state index in [1.54, 1.807) is 4.90 Å². The second kappa shape index (κ2) is 8.36. The number of hydrogen-bond donors (Lipinski definition) is 1. The molecule has 132 valence electrons. The quantitative estimate of drug-likeness (QED) is 0.839. The molecule has 0 spiro atoms. The average Bonchev–Trinajstić information content (AvgIpc) is 2.82. The zero-order valence-electron chi connectivity index (χ0n) is 13.7. The number of aryl methyl sites for hydroxylation is 1. The van der Waals surface area contributed by atoms with Gasteiger partial charge >= 0.3 is 6.18 Å². The Kier molecular flexibility index (Phi) is 7.36. The Hall–Kier alpha value is -0.780. The molecule has 1 fully saturated rings. The molecule has 0 saturated carbocycles. The Balaban J connectivity index is 0.00000264. The van der Waals surface area contributed by atoms with Crippen molar-refractivity contribution in [1.29, 1.82) is 0 Å². The standard InChI is InChI=1S/C17H25F3N2.ClH/c1-14-3-5-15(6-4-14)7-10-22(13-17(18,19)20)12-16(2)8-9-21-11-16;/h3-6,21H,7-13H2,1-2H3;1H. The molecular formula is C17H26ClF3N2. The van der Waals surface area contributed by atoms with Crippen LogP contribution in [0.2, 0.25) is 0 Å². The summed E-state index contributed by atoms with van der Waals surface area (Å²) in [5.74, 6) is 0. The lowest BCUT2D eigenvalue weighted by atomic mass is 9.89. The second-order valence-corrected chi connectivity index (χ2v) is 6.80. The van der Waals surface area contributed by atoms with E-state index in [9.17, 15) is 13.2 Å². The number of halogens is 4. The first-order valence-electron chi connectivity index (χ1n) is 7.81. The lowest BCUT2D eigenvalue weighted by molar-refractivity contribution is -0.148. The molecule has 0 aliphatic carbocycles. The van der Waals surface area contributed by atoms with E-state index in [0.29, 0.717) is 19.5 Å². The van der Waals surface area contributed by atoms with Gasteiger partial charge in [0.15, 0.2) is 0 Å². The van der Waals surface area contributed by atoms with Crippen LogP contribution >= 0.6 is 12.4 Å². The maximum absolute atomic E-state index is 12.8. The van der Waals surface area contributed by atoms with Gasteiger partial charge in [-0.2, -0.15) is 13.2 Å². The van der Waals surface area contributed by atoms with Crippen molar-refractivity contribution in [2.75, 3.05) is 32.7 Å². The van der Waals surface area contributed by atoms with Gasteiger partial charge in [-0.15, -0.1) is 12.4 Å². The third kappa shape index (κ3) is 7.10. The van der Waals surface area contributed by atoms with Crippen molar-refractivity contribution >= 4 is 12.4 Å². The van der Waals surface area contributed by atoms with Crippen LogP contribution in [0.5, 0.6) is 0 Å². The van der Waals surface area contributed by atoms with Gasteiger partial charge in [-0.3, -0.25) is 4.90 Å². The van der Waals surface area contributed by atoms with Gasteiger partial charge in [0.1, 0.15) is 0 Å². The molecular weight excluding hydrogens is 325 g/mol. The van der Waals surface area contributed by atoms with Crippen LogP contribution in [-0.4, -0.2) is 43.8 Å². The predicted octanol–water partition coefficient (Wildman–Crippen LogP) is 3.82. The van der Waals surface area contributed by atoms with Crippen LogP contribution in [0.3, 0.4) is 0 Å². The summed E-state index contributed by atoms with van der Waals surface area (Å²) in [4.78, 5) is 1.56. The normalized spacial score (nSPS) is 21.5. The van der Waals surface area contributed by atoms with E-state index < -0.39 is 12.7 Å². The number of hydrogen-bond acceptors (Lipinski definition) is 2. The summed E-state index contributed by atoms with van der Waals surface area (Å²) in [7, 11) is 0. The monoisotopic (exact) mass is 350 g/mol. The lowest BCUT2D eigenvalue weighted by Gasteiger charge is -2.32. The molecule has 0 amide bonds. The summed E-state index contributed by atoms with van der Waals surface area (Å²) < 4.78 is 38.5. The molecule has 0 aromatic heterocycles. The van der Waals surface area contributed by atoms with Crippen LogP contribution in [0, 0.1) is 12.3 Å². The highest BCUT2D eigenvalue weighted by atomic mass is 35.5.